The monoisotopic (exact) mass is 267 g/mol. The predicted molar refractivity (Wildman–Crippen MR) is 79.0 cm³/mol. The average molecular weight is 267 g/mol. The van der Waals surface area contributed by atoms with Gasteiger partial charge in [-0.2, -0.15) is 10.4 Å². The Hall–Kier alpha value is -2.58. The second kappa shape index (κ2) is 6.04. The molecule has 0 amide bonds. The van der Waals surface area contributed by atoms with E-state index in [1.165, 1.54) is 5.12 Å². The molecule has 0 unspecified atom stereocenters. The summed E-state index contributed by atoms with van der Waals surface area (Å²) in [5, 5.41) is 14.5. The van der Waals surface area contributed by atoms with Gasteiger partial charge in [0, 0.05) is 13.6 Å². The summed E-state index contributed by atoms with van der Waals surface area (Å²) in [5.41, 5.74) is 2.64. The minimum absolute atomic E-state index is 0.664. The molecule has 2 N–H and O–H groups in total. The summed E-state index contributed by atoms with van der Waals surface area (Å²) in [6, 6.07) is 9.63. The molecule has 0 aliphatic carbocycles. The summed E-state index contributed by atoms with van der Waals surface area (Å²) in [6.45, 7) is 2.62. The van der Waals surface area contributed by atoms with Gasteiger partial charge in [0.2, 0.25) is 0 Å². The minimum atomic E-state index is 0.664. The van der Waals surface area contributed by atoms with Crippen LogP contribution in [-0.4, -0.2) is 22.9 Å². The number of hydrogen-bond donors (Lipinski definition) is 1. The summed E-state index contributed by atoms with van der Waals surface area (Å²) >= 11 is 0. The van der Waals surface area contributed by atoms with E-state index in [0.29, 0.717) is 12.1 Å². The summed E-state index contributed by atoms with van der Waals surface area (Å²) in [5.74, 6) is 6.61. The molecular weight excluding hydrogens is 250 g/mol. The van der Waals surface area contributed by atoms with Crippen LogP contribution in [0.5, 0.6) is 0 Å². The van der Waals surface area contributed by atoms with E-state index in [1.807, 2.05) is 61.4 Å². The first-order valence-electron chi connectivity index (χ1n) is 6.32. The van der Waals surface area contributed by atoms with Crippen LogP contribution in [0, 0.1) is 11.3 Å². The van der Waals surface area contributed by atoms with Gasteiger partial charge in [0.05, 0.1) is 17.3 Å². The fourth-order valence-corrected chi connectivity index (χ4v) is 1.91. The fraction of sp³-hybridized carbons (Fsp3) is 0.200. The van der Waals surface area contributed by atoms with Gasteiger partial charge in [-0.05, 0) is 36.8 Å². The van der Waals surface area contributed by atoms with Gasteiger partial charge in [0.1, 0.15) is 0 Å². The molecular formula is C15H17N5. The Labute approximate surface area is 118 Å². The number of hydrazine groups is 1. The van der Waals surface area contributed by atoms with E-state index in [2.05, 4.69) is 11.2 Å². The summed E-state index contributed by atoms with van der Waals surface area (Å²) in [4.78, 5) is 2.00. The van der Waals surface area contributed by atoms with E-state index >= 15 is 0 Å². The average Bonchev–Trinajstić information content (AvgIpc) is 2.48. The van der Waals surface area contributed by atoms with E-state index in [-0.39, 0.29) is 0 Å². The van der Waals surface area contributed by atoms with Crippen LogP contribution in [0.4, 0.5) is 0 Å². The number of nitriles is 1. The van der Waals surface area contributed by atoms with Crippen molar-refractivity contribution in [3.63, 3.8) is 0 Å². The standard InChI is InChI=1S/C15H17N5/c1-3-14-8-9-15(18-20(14)17)19(2)11-13-6-4-12(10-16)5-7-13/h3-9H,11,17H2,1-2H3/b14-3+. The Morgan fingerprint density at radius 1 is 1.35 bits per heavy atom. The van der Waals surface area contributed by atoms with Crippen LogP contribution in [0.15, 0.2) is 53.3 Å². The topological polar surface area (TPSA) is 68.7 Å². The van der Waals surface area contributed by atoms with Crippen molar-refractivity contribution in [2.75, 3.05) is 7.05 Å². The molecule has 1 aromatic carbocycles. The zero-order valence-electron chi connectivity index (χ0n) is 11.6. The number of allylic oxidation sites excluding steroid dienone is 2. The van der Waals surface area contributed by atoms with E-state index in [4.69, 9.17) is 11.1 Å². The number of nitrogens with two attached hydrogens (primary N) is 1. The molecule has 1 aromatic rings. The van der Waals surface area contributed by atoms with Gasteiger partial charge in [0.15, 0.2) is 5.84 Å². The van der Waals surface area contributed by atoms with Crippen LogP contribution in [0.1, 0.15) is 18.1 Å². The number of hydrazone groups is 1. The van der Waals surface area contributed by atoms with Crippen molar-refractivity contribution < 1.29 is 0 Å². The zero-order valence-corrected chi connectivity index (χ0v) is 11.6. The van der Waals surface area contributed by atoms with E-state index < -0.39 is 0 Å². The second-order valence-corrected chi connectivity index (χ2v) is 4.51. The third-order valence-corrected chi connectivity index (χ3v) is 3.07. The lowest BCUT2D eigenvalue weighted by molar-refractivity contribution is 0.372. The highest BCUT2D eigenvalue weighted by Gasteiger charge is 2.12. The number of nitrogens with zero attached hydrogens (tertiary/aromatic N) is 4. The summed E-state index contributed by atoms with van der Waals surface area (Å²) in [6.07, 6.45) is 5.76. The Bertz CT molecular complexity index is 604. The van der Waals surface area contributed by atoms with Crippen molar-refractivity contribution in [3.8, 4) is 6.07 Å². The first-order valence-corrected chi connectivity index (χ1v) is 6.32. The molecule has 0 saturated heterocycles. The molecule has 0 saturated carbocycles. The molecule has 20 heavy (non-hydrogen) atoms. The lowest BCUT2D eigenvalue weighted by Crippen LogP contribution is -2.34. The maximum Gasteiger partial charge on any atom is 0.150 e. The third-order valence-electron chi connectivity index (χ3n) is 3.07. The van der Waals surface area contributed by atoms with Gasteiger partial charge >= 0.3 is 0 Å². The number of rotatable bonds is 2. The Balaban J connectivity index is 2.07. The third kappa shape index (κ3) is 3.05. The maximum atomic E-state index is 8.78. The number of benzene rings is 1. The van der Waals surface area contributed by atoms with Crippen LogP contribution >= 0.6 is 0 Å². The van der Waals surface area contributed by atoms with Gasteiger partial charge in [-0.3, -0.25) is 0 Å². The highest BCUT2D eigenvalue weighted by Crippen LogP contribution is 2.12. The van der Waals surface area contributed by atoms with Crippen LogP contribution in [0.2, 0.25) is 0 Å². The predicted octanol–water partition coefficient (Wildman–Crippen LogP) is 1.95. The van der Waals surface area contributed by atoms with Gasteiger partial charge in [-0.15, -0.1) is 5.10 Å². The molecule has 1 aliphatic heterocycles. The first-order chi connectivity index (χ1) is 9.63. The molecule has 0 spiro atoms. The molecule has 0 atom stereocenters. The molecule has 2 rings (SSSR count). The van der Waals surface area contributed by atoms with Gasteiger partial charge < -0.3 is 4.90 Å². The highest BCUT2D eigenvalue weighted by molar-refractivity contribution is 5.93. The van der Waals surface area contributed by atoms with Gasteiger partial charge in [-0.25, -0.2) is 5.84 Å². The molecule has 5 nitrogen and oxygen atoms in total. The van der Waals surface area contributed by atoms with Crippen molar-refractivity contribution in [1.29, 1.82) is 5.26 Å². The smallest absolute Gasteiger partial charge is 0.150 e. The van der Waals surface area contributed by atoms with Crippen molar-refractivity contribution in [1.82, 2.24) is 10.0 Å². The van der Waals surface area contributed by atoms with Crippen LogP contribution in [-0.2, 0) is 6.54 Å². The molecule has 0 bridgehead atoms. The molecule has 1 aliphatic rings. The molecule has 0 radical (unpaired) electrons. The van der Waals surface area contributed by atoms with E-state index in [9.17, 15) is 0 Å². The van der Waals surface area contributed by atoms with Gasteiger partial charge in [0.25, 0.3) is 0 Å². The molecule has 5 heteroatoms. The molecule has 102 valence electrons. The van der Waals surface area contributed by atoms with Crippen LogP contribution in [0.3, 0.4) is 0 Å². The van der Waals surface area contributed by atoms with Gasteiger partial charge in [-0.1, -0.05) is 18.2 Å². The summed E-state index contributed by atoms with van der Waals surface area (Å²) in [7, 11) is 1.95. The fourth-order valence-electron chi connectivity index (χ4n) is 1.91. The molecule has 1 heterocycles. The maximum absolute atomic E-state index is 8.78. The van der Waals surface area contributed by atoms with Crippen LogP contribution in [0.25, 0.3) is 0 Å². The minimum Gasteiger partial charge on any atom is -0.354 e. The number of amidine groups is 1. The first kappa shape index (κ1) is 13.8. The second-order valence-electron chi connectivity index (χ2n) is 4.51. The lowest BCUT2D eigenvalue weighted by atomic mass is 10.1. The van der Waals surface area contributed by atoms with Crippen LogP contribution < -0.4 is 5.84 Å². The zero-order chi connectivity index (χ0) is 14.5. The lowest BCUT2D eigenvalue weighted by Gasteiger charge is -2.25. The Morgan fingerprint density at radius 2 is 2.05 bits per heavy atom. The Morgan fingerprint density at radius 3 is 2.60 bits per heavy atom. The largest absolute Gasteiger partial charge is 0.354 e. The Kier molecular flexibility index (Phi) is 4.18. The van der Waals surface area contributed by atoms with E-state index in [0.717, 1.165) is 17.1 Å². The van der Waals surface area contributed by atoms with Crippen molar-refractivity contribution in [2.24, 2.45) is 10.9 Å². The normalized spacial score (nSPS) is 16.0. The number of hydrogen-bond acceptors (Lipinski definition) is 5. The van der Waals surface area contributed by atoms with Crippen molar-refractivity contribution in [2.45, 2.75) is 13.5 Å². The summed E-state index contributed by atoms with van der Waals surface area (Å²) < 4.78 is 0. The number of likely N-dealkylation sites (N-methyl/N-ethyl adjacent to an activating group) is 1. The quantitative estimate of drug-likeness (QED) is 0.832. The molecule has 0 fully saturated rings. The van der Waals surface area contributed by atoms with Crippen molar-refractivity contribution >= 4 is 5.84 Å². The van der Waals surface area contributed by atoms with Crippen molar-refractivity contribution in [3.05, 3.63) is 59.3 Å². The highest BCUT2D eigenvalue weighted by atomic mass is 15.6. The molecule has 0 aromatic heterocycles. The SMILES string of the molecule is C/C=C1\C=CC(N(C)Cc2ccc(C#N)cc2)=NN1N. The van der Waals surface area contributed by atoms with E-state index in [1.54, 1.807) is 0 Å².